The molecule has 7 aromatic carbocycles. The second-order valence-electron chi connectivity index (χ2n) is 10.2. The van der Waals surface area contributed by atoms with E-state index in [-0.39, 0.29) is 0 Å². The molecule has 0 bridgehead atoms. The van der Waals surface area contributed by atoms with Crippen LogP contribution in [0, 0.1) is 0 Å². The van der Waals surface area contributed by atoms with Crippen LogP contribution in [0.25, 0.3) is 71.3 Å². The molecule has 0 spiro atoms. The van der Waals surface area contributed by atoms with E-state index in [1.165, 1.54) is 71.3 Å². The van der Waals surface area contributed by atoms with E-state index in [1.54, 1.807) is 0 Å². The average molecular weight is 496 g/mol. The zero-order chi connectivity index (χ0) is 25.8. The summed E-state index contributed by atoms with van der Waals surface area (Å²) in [6, 6.07) is 55.0. The van der Waals surface area contributed by atoms with Crippen molar-refractivity contribution in [3.05, 3.63) is 152 Å². The standard InChI is InChI=1S/C38H25N/c1-3-16-31-26(10-1)12-8-19-32(31)30-15-7-14-28(24-30)29-22-23-38-35(25-29)34-18-5-6-20-37(34)39(38)36-21-9-13-27-11-2-4-17-33(27)36/h1-25H. The largest absolute Gasteiger partial charge is 0.309 e. The summed E-state index contributed by atoms with van der Waals surface area (Å²) in [7, 11) is 0. The molecule has 1 aromatic heterocycles. The summed E-state index contributed by atoms with van der Waals surface area (Å²) >= 11 is 0. The molecule has 1 heterocycles. The molecule has 0 atom stereocenters. The molecule has 0 aliphatic heterocycles. The number of hydrogen-bond donors (Lipinski definition) is 0. The molecule has 0 aliphatic rings. The Balaban J connectivity index is 1.33. The van der Waals surface area contributed by atoms with E-state index in [2.05, 4.69) is 156 Å². The number of rotatable bonds is 3. The van der Waals surface area contributed by atoms with Crippen LogP contribution >= 0.6 is 0 Å². The molecule has 8 rings (SSSR count). The van der Waals surface area contributed by atoms with Crippen LogP contribution in [0.15, 0.2) is 152 Å². The third-order valence-electron chi connectivity index (χ3n) is 7.98. The number of fused-ring (bicyclic) bond motifs is 5. The SMILES string of the molecule is c1cc(-c2ccc3c(c2)c2ccccc2n3-c2cccc3ccccc23)cc(-c2cccc3ccccc23)c1. The van der Waals surface area contributed by atoms with Gasteiger partial charge in [-0.25, -0.2) is 0 Å². The lowest BCUT2D eigenvalue weighted by Crippen LogP contribution is -1.95. The molecule has 0 amide bonds. The van der Waals surface area contributed by atoms with Gasteiger partial charge in [-0.05, 0) is 68.7 Å². The normalized spacial score (nSPS) is 11.6. The van der Waals surface area contributed by atoms with Crippen LogP contribution in [0.2, 0.25) is 0 Å². The maximum absolute atomic E-state index is 2.42. The summed E-state index contributed by atoms with van der Waals surface area (Å²) in [5, 5.41) is 7.60. The summed E-state index contributed by atoms with van der Waals surface area (Å²) in [4.78, 5) is 0. The Morgan fingerprint density at radius 3 is 1.79 bits per heavy atom. The van der Waals surface area contributed by atoms with Crippen molar-refractivity contribution < 1.29 is 0 Å². The highest BCUT2D eigenvalue weighted by Gasteiger charge is 2.15. The number of hydrogen-bond acceptors (Lipinski definition) is 0. The Morgan fingerprint density at radius 2 is 0.923 bits per heavy atom. The predicted octanol–water partition coefficient (Wildman–Crippen LogP) is 10.4. The van der Waals surface area contributed by atoms with Gasteiger partial charge in [0.15, 0.2) is 0 Å². The molecule has 1 nitrogen and oxygen atoms in total. The van der Waals surface area contributed by atoms with Gasteiger partial charge >= 0.3 is 0 Å². The van der Waals surface area contributed by atoms with Crippen LogP contribution in [0.5, 0.6) is 0 Å². The Labute approximate surface area is 227 Å². The first-order valence-electron chi connectivity index (χ1n) is 13.5. The highest BCUT2D eigenvalue weighted by molar-refractivity contribution is 6.11. The third kappa shape index (κ3) is 3.48. The Bertz CT molecular complexity index is 2170. The fourth-order valence-corrected chi connectivity index (χ4v) is 6.16. The first-order chi connectivity index (χ1) is 19.3. The second kappa shape index (κ2) is 8.72. The molecule has 1 heteroatoms. The lowest BCUT2D eigenvalue weighted by Gasteiger charge is -2.12. The summed E-state index contributed by atoms with van der Waals surface area (Å²) in [5.74, 6) is 0. The quantitative estimate of drug-likeness (QED) is 0.230. The fourth-order valence-electron chi connectivity index (χ4n) is 6.16. The van der Waals surface area contributed by atoms with Crippen molar-refractivity contribution in [3.63, 3.8) is 0 Å². The zero-order valence-electron chi connectivity index (χ0n) is 21.4. The minimum Gasteiger partial charge on any atom is -0.309 e. The Morgan fingerprint density at radius 1 is 0.333 bits per heavy atom. The second-order valence-corrected chi connectivity index (χ2v) is 10.2. The van der Waals surface area contributed by atoms with E-state index < -0.39 is 0 Å². The number of nitrogens with zero attached hydrogens (tertiary/aromatic N) is 1. The highest BCUT2D eigenvalue weighted by atomic mass is 15.0. The minimum atomic E-state index is 1.21. The van der Waals surface area contributed by atoms with Crippen molar-refractivity contribution in [2.75, 3.05) is 0 Å². The maximum atomic E-state index is 2.42. The first-order valence-corrected chi connectivity index (χ1v) is 13.5. The van der Waals surface area contributed by atoms with Gasteiger partial charge in [0.05, 0.1) is 16.7 Å². The third-order valence-corrected chi connectivity index (χ3v) is 7.98. The van der Waals surface area contributed by atoms with Crippen molar-refractivity contribution in [1.82, 2.24) is 4.57 Å². The van der Waals surface area contributed by atoms with Crippen molar-refractivity contribution in [2.24, 2.45) is 0 Å². The van der Waals surface area contributed by atoms with E-state index in [4.69, 9.17) is 0 Å². The molecule has 0 aliphatic carbocycles. The topological polar surface area (TPSA) is 4.93 Å². The van der Waals surface area contributed by atoms with Gasteiger partial charge in [0.1, 0.15) is 0 Å². The lowest BCUT2D eigenvalue weighted by atomic mass is 9.95. The van der Waals surface area contributed by atoms with E-state index >= 15 is 0 Å². The molecule has 8 aromatic rings. The van der Waals surface area contributed by atoms with Crippen LogP contribution in [0.4, 0.5) is 0 Å². The van der Waals surface area contributed by atoms with Gasteiger partial charge in [0.25, 0.3) is 0 Å². The number of benzene rings is 7. The van der Waals surface area contributed by atoms with Gasteiger partial charge < -0.3 is 4.57 Å². The summed E-state index contributed by atoms with van der Waals surface area (Å²) in [6.45, 7) is 0. The first kappa shape index (κ1) is 21.9. The van der Waals surface area contributed by atoms with E-state index in [9.17, 15) is 0 Å². The molecule has 0 saturated heterocycles. The van der Waals surface area contributed by atoms with Crippen molar-refractivity contribution in [1.29, 1.82) is 0 Å². The van der Waals surface area contributed by atoms with Crippen LogP contribution < -0.4 is 0 Å². The maximum Gasteiger partial charge on any atom is 0.0541 e. The molecule has 0 saturated carbocycles. The Hall–Kier alpha value is -5.14. The van der Waals surface area contributed by atoms with Gasteiger partial charge in [-0.1, -0.05) is 121 Å². The monoisotopic (exact) mass is 495 g/mol. The van der Waals surface area contributed by atoms with E-state index in [0.717, 1.165) is 0 Å². The van der Waals surface area contributed by atoms with Crippen molar-refractivity contribution >= 4 is 43.4 Å². The molecular formula is C38H25N. The molecule has 182 valence electrons. The molecule has 0 unspecified atom stereocenters. The van der Waals surface area contributed by atoms with Gasteiger partial charge in [-0.3, -0.25) is 0 Å². The van der Waals surface area contributed by atoms with Gasteiger partial charge in [-0.2, -0.15) is 0 Å². The summed E-state index contributed by atoms with van der Waals surface area (Å²) in [6.07, 6.45) is 0. The fraction of sp³-hybridized carbons (Fsp3) is 0. The van der Waals surface area contributed by atoms with E-state index in [1.807, 2.05) is 0 Å². The predicted molar refractivity (Wildman–Crippen MR) is 167 cm³/mol. The smallest absolute Gasteiger partial charge is 0.0541 e. The number of aromatic nitrogens is 1. The van der Waals surface area contributed by atoms with Gasteiger partial charge in [-0.15, -0.1) is 0 Å². The molecule has 0 radical (unpaired) electrons. The molecule has 39 heavy (non-hydrogen) atoms. The zero-order valence-corrected chi connectivity index (χ0v) is 21.4. The van der Waals surface area contributed by atoms with Crippen LogP contribution in [-0.2, 0) is 0 Å². The molecule has 0 N–H and O–H groups in total. The highest BCUT2D eigenvalue weighted by Crippen LogP contribution is 2.38. The van der Waals surface area contributed by atoms with Gasteiger partial charge in [0, 0.05) is 16.2 Å². The average Bonchev–Trinajstić information content (AvgIpc) is 3.34. The van der Waals surface area contributed by atoms with Crippen LogP contribution in [0.3, 0.4) is 0 Å². The molecular weight excluding hydrogens is 470 g/mol. The Kier molecular flexibility index (Phi) is 4.89. The molecule has 0 fully saturated rings. The van der Waals surface area contributed by atoms with Crippen molar-refractivity contribution in [3.8, 4) is 27.9 Å². The van der Waals surface area contributed by atoms with Crippen LogP contribution in [-0.4, -0.2) is 4.57 Å². The summed E-state index contributed by atoms with van der Waals surface area (Å²) in [5.41, 5.74) is 8.62. The van der Waals surface area contributed by atoms with Gasteiger partial charge in [0.2, 0.25) is 0 Å². The number of para-hydroxylation sites is 1. The van der Waals surface area contributed by atoms with E-state index in [0.29, 0.717) is 0 Å². The van der Waals surface area contributed by atoms with Crippen molar-refractivity contribution in [2.45, 2.75) is 0 Å². The summed E-state index contributed by atoms with van der Waals surface area (Å²) < 4.78 is 2.42. The minimum absolute atomic E-state index is 1.21. The van der Waals surface area contributed by atoms with Crippen LogP contribution in [0.1, 0.15) is 0 Å². The lowest BCUT2D eigenvalue weighted by molar-refractivity contribution is 1.20.